The number of allylic oxidation sites excluding steroid dienone is 1. The van der Waals surface area contributed by atoms with Crippen LogP contribution in [-0.4, -0.2) is 37.2 Å². The molecule has 0 aromatic heterocycles. The molecule has 0 radical (unpaired) electrons. The van der Waals surface area contributed by atoms with Crippen molar-refractivity contribution >= 4 is 11.6 Å². The molecule has 136 valence electrons. The van der Waals surface area contributed by atoms with Crippen LogP contribution >= 0.6 is 0 Å². The van der Waals surface area contributed by atoms with E-state index in [2.05, 4.69) is 5.32 Å². The number of nitro benzene ring substituents is 1. The van der Waals surface area contributed by atoms with Crippen molar-refractivity contribution in [3.05, 3.63) is 45.5 Å². The third-order valence-electron chi connectivity index (χ3n) is 3.74. The van der Waals surface area contributed by atoms with Crippen LogP contribution in [0.15, 0.2) is 29.8 Å². The van der Waals surface area contributed by atoms with E-state index in [-0.39, 0.29) is 11.6 Å². The van der Waals surface area contributed by atoms with Gasteiger partial charge in [0.05, 0.1) is 30.3 Å². The molecular weight excluding hydrogens is 328 g/mol. The molecule has 8 heteroatoms. The molecule has 0 unspecified atom stereocenters. The molecule has 1 N–H and O–H groups in total. The van der Waals surface area contributed by atoms with Crippen molar-refractivity contribution in [3.8, 4) is 5.75 Å². The van der Waals surface area contributed by atoms with Crippen molar-refractivity contribution in [1.29, 1.82) is 0 Å². The first-order valence-corrected chi connectivity index (χ1v) is 8.08. The molecule has 0 atom stereocenters. The molecule has 1 aromatic rings. The topological polar surface area (TPSA) is 99.9 Å². The Kier molecular flexibility index (Phi) is 6.91. The van der Waals surface area contributed by atoms with Crippen molar-refractivity contribution in [2.24, 2.45) is 0 Å². The highest BCUT2D eigenvalue weighted by Crippen LogP contribution is 2.33. The van der Waals surface area contributed by atoms with Gasteiger partial charge in [-0.05, 0) is 32.4 Å². The Morgan fingerprint density at radius 1 is 1.44 bits per heavy atom. The van der Waals surface area contributed by atoms with Gasteiger partial charge in [0.1, 0.15) is 5.75 Å². The fourth-order valence-electron chi connectivity index (χ4n) is 2.25. The predicted molar refractivity (Wildman–Crippen MR) is 90.3 cm³/mol. The second-order valence-corrected chi connectivity index (χ2v) is 5.48. The highest BCUT2D eigenvalue weighted by Gasteiger charge is 2.27. The average molecular weight is 350 g/mol. The molecule has 1 amide bonds. The molecule has 25 heavy (non-hydrogen) atoms. The summed E-state index contributed by atoms with van der Waals surface area (Å²) in [6, 6.07) is 4.49. The van der Waals surface area contributed by atoms with Crippen LogP contribution in [0.1, 0.15) is 32.1 Å². The summed E-state index contributed by atoms with van der Waals surface area (Å²) in [6.07, 6.45) is 1.62. The highest BCUT2D eigenvalue weighted by atomic mass is 16.7. The Hall–Kier alpha value is -2.45. The fourth-order valence-corrected chi connectivity index (χ4v) is 2.25. The summed E-state index contributed by atoms with van der Waals surface area (Å²) < 4.78 is 16.3. The number of carbonyl (C=O) groups excluding carboxylic acids is 1. The van der Waals surface area contributed by atoms with Gasteiger partial charge < -0.3 is 19.5 Å². The van der Waals surface area contributed by atoms with Crippen LogP contribution in [0.25, 0.3) is 0 Å². The molecule has 0 bridgehead atoms. The third-order valence-corrected chi connectivity index (χ3v) is 3.74. The Balaban J connectivity index is 1.89. The maximum Gasteiger partial charge on any atom is 0.277 e. The Labute approximate surface area is 145 Å². The first-order valence-electron chi connectivity index (χ1n) is 8.08. The molecule has 1 heterocycles. The summed E-state index contributed by atoms with van der Waals surface area (Å²) in [5.74, 6) is 0.395. The Morgan fingerprint density at radius 3 is 2.80 bits per heavy atom. The van der Waals surface area contributed by atoms with Gasteiger partial charge in [0.2, 0.25) is 5.91 Å². The van der Waals surface area contributed by atoms with Crippen LogP contribution in [0.4, 0.5) is 5.69 Å². The predicted octanol–water partition coefficient (Wildman–Crippen LogP) is 2.49. The first kappa shape index (κ1) is 18.9. The van der Waals surface area contributed by atoms with E-state index < -0.39 is 11.2 Å². The Bertz CT molecular complexity index is 653. The van der Waals surface area contributed by atoms with E-state index >= 15 is 0 Å². The molecule has 0 saturated carbocycles. The lowest BCUT2D eigenvalue weighted by Crippen LogP contribution is -2.26. The smallest absolute Gasteiger partial charge is 0.277 e. The van der Waals surface area contributed by atoms with Crippen molar-refractivity contribution < 1.29 is 23.9 Å². The third kappa shape index (κ3) is 5.27. The van der Waals surface area contributed by atoms with Gasteiger partial charge in [-0.15, -0.1) is 0 Å². The number of ether oxygens (including phenoxy) is 3. The standard InChI is InChI=1S/C17H22N2O6/c1-3-12(2)16(20)18-7-4-8-23-13-5-6-15(19(21)22)14(11-13)17-24-9-10-25-17/h3,5-6,11,17H,4,7-10H2,1-2H3,(H,18,20)/b12-3+. The van der Waals surface area contributed by atoms with Gasteiger partial charge in [0.15, 0.2) is 6.29 Å². The summed E-state index contributed by atoms with van der Waals surface area (Å²) >= 11 is 0. The minimum Gasteiger partial charge on any atom is -0.494 e. The SMILES string of the molecule is C/C=C(\C)C(=O)NCCCOc1ccc([N+](=O)[O-])c(C2OCCO2)c1. The maximum atomic E-state index is 11.6. The number of amides is 1. The lowest BCUT2D eigenvalue weighted by atomic mass is 10.1. The number of hydrogen-bond donors (Lipinski definition) is 1. The van der Waals surface area contributed by atoms with Crippen molar-refractivity contribution in [2.75, 3.05) is 26.4 Å². The molecule has 0 spiro atoms. The monoisotopic (exact) mass is 350 g/mol. The lowest BCUT2D eigenvalue weighted by Gasteiger charge is -2.12. The van der Waals surface area contributed by atoms with Crippen molar-refractivity contribution in [2.45, 2.75) is 26.6 Å². The number of carbonyl (C=O) groups is 1. The van der Waals surface area contributed by atoms with Gasteiger partial charge in [-0.3, -0.25) is 14.9 Å². The normalized spacial score (nSPS) is 15.2. The summed E-state index contributed by atoms with van der Waals surface area (Å²) in [6.45, 7) is 5.22. The summed E-state index contributed by atoms with van der Waals surface area (Å²) in [5.41, 5.74) is 0.947. The van der Waals surface area contributed by atoms with Crippen LogP contribution in [-0.2, 0) is 14.3 Å². The number of nitrogens with one attached hydrogen (secondary N) is 1. The molecule has 1 saturated heterocycles. The van der Waals surface area contributed by atoms with E-state index in [9.17, 15) is 14.9 Å². The van der Waals surface area contributed by atoms with Crippen LogP contribution in [0.2, 0.25) is 0 Å². The quantitative estimate of drug-likeness (QED) is 0.335. The zero-order chi connectivity index (χ0) is 18.2. The van der Waals surface area contributed by atoms with E-state index in [1.165, 1.54) is 6.07 Å². The first-order chi connectivity index (χ1) is 12.0. The zero-order valence-electron chi connectivity index (χ0n) is 14.3. The van der Waals surface area contributed by atoms with Crippen molar-refractivity contribution in [1.82, 2.24) is 5.32 Å². The van der Waals surface area contributed by atoms with Gasteiger partial charge in [-0.2, -0.15) is 0 Å². The van der Waals surface area contributed by atoms with Crippen LogP contribution < -0.4 is 10.1 Å². The van der Waals surface area contributed by atoms with Gasteiger partial charge in [-0.1, -0.05) is 6.08 Å². The highest BCUT2D eigenvalue weighted by molar-refractivity contribution is 5.92. The molecule has 1 aliphatic heterocycles. The van der Waals surface area contributed by atoms with E-state index in [0.29, 0.717) is 49.7 Å². The minimum atomic E-state index is -0.743. The summed E-state index contributed by atoms with van der Waals surface area (Å²) in [5, 5.41) is 13.9. The minimum absolute atomic E-state index is 0.0617. The number of hydrogen-bond acceptors (Lipinski definition) is 6. The van der Waals surface area contributed by atoms with E-state index in [0.717, 1.165) is 0 Å². The van der Waals surface area contributed by atoms with Crippen LogP contribution in [0, 0.1) is 10.1 Å². The molecule has 1 aromatic carbocycles. The fraction of sp³-hybridized carbons (Fsp3) is 0.471. The van der Waals surface area contributed by atoms with Crippen LogP contribution in [0.3, 0.4) is 0 Å². The van der Waals surface area contributed by atoms with Gasteiger partial charge >= 0.3 is 0 Å². The number of nitro groups is 1. The van der Waals surface area contributed by atoms with Crippen LogP contribution in [0.5, 0.6) is 5.75 Å². The molecule has 2 rings (SSSR count). The molecule has 1 aliphatic rings. The van der Waals surface area contributed by atoms with Crippen molar-refractivity contribution in [3.63, 3.8) is 0 Å². The van der Waals surface area contributed by atoms with E-state index in [1.807, 2.05) is 6.92 Å². The number of nitrogens with zero attached hydrogens (tertiary/aromatic N) is 1. The second kappa shape index (κ2) is 9.14. The number of benzene rings is 1. The average Bonchev–Trinajstić information content (AvgIpc) is 3.14. The number of rotatable bonds is 8. The molecule has 1 fully saturated rings. The Morgan fingerprint density at radius 2 is 2.16 bits per heavy atom. The zero-order valence-corrected chi connectivity index (χ0v) is 14.3. The van der Waals surface area contributed by atoms with E-state index in [1.54, 1.807) is 25.1 Å². The largest absolute Gasteiger partial charge is 0.494 e. The van der Waals surface area contributed by atoms with Gasteiger partial charge in [0.25, 0.3) is 5.69 Å². The summed E-state index contributed by atoms with van der Waals surface area (Å²) in [4.78, 5) is 22.3. The lowest BCUT2D eigenvalue weighted by molar-refractivity contribution is -0.386. The maximum absolute atomic E-state index is 11.6. The summed E-state index contributed by atoms with van der Waals surface area (Å²) in [7, 11) is 0. The second-order valence-electron chi connectivity index (χ2n) is 5.48. The molecule has 0 aliphatic carbocycles. The van der Waals surface area contributed by atoms with Gasteiger partial charge in [0, 0.05) is 18.2 Å². The molecular formula is C17H22N2O6. The van der Waals surface area contributed by atoms with Gasteiger partial charge in [-0.25, -0.2) is 0 Å². The molecule has 8 nitrogen and oxygen atoms in total. The van der Waals surface area contributed by atoms with E-state index in [4.69, 9.17) is 14.2 Å².